The number of aromatic nitrogens is 1. The summed E-state index contributed by atoms with van der Waals surface area (Å²) in [6, 6.07) is 7.22. The van der Waals surface area contributed by atoms with Gasteiger partial charge < -0.3 is 0 Å². The van der Waals surface area contributed by atoms with Crippen LogP contribution < -0.4 is 0 Å². The fraction of sp³-hybridized carbons (Fsp3) is 0.250. The van der Waals surface area contributed by atoms with Gasteiger partial charge in [-0.3, -0.25) is 4.98 Å². The molecule has 0 saturated heterocycles. The second kappa shape index (κ2) is 6.13. The number of hydrogen-bond acceptors (Lipinski definition) is 4. The molecule has 102 valence electrons. The number of rotatable bonds is 5. The fourth-order valence-corrected chi connectivity index (χ4v) is 5.49. The Morgan fingerprint density at radius 2 is 2.16 bits per heavy atom. The van der Waals surface area contributed by atoms with Gasteiger partial charge in [-0.05, 0) is 39.5 Å². The molecule has 2 heterocycles. The van der Waals surface area contributed by atoms with Gasteiger partial charge in [0.15, 0.2) is 0 Å². The highest BCUT2D eigenvalue weighted by atomic mass is 79.9. The number of pyridine rings is 1. The lowest BCUT2D eigenvalue weighted by molar-refractivity contribution is 0.420. The van der Waals surface area contributed by atoms with Crippen LogP contribution in [0.5, 0.6) is 0 Å². The summed E-state index contributed by atoms with van der Waals surface area (Å²) in [5.41, 5.74) is 0.737. The molecule has 0 aromatic carbocycles. The van der Waals surface area contributed by atoms with Crippen molar-refractivity contribution in [1.29, 1.82) is 0 Å². The van der Waals surface area contributed by atoms with Crippen molar-refractivity contribution in [2.45, 2.75) is 17.7 Å². The highest BCUT2D eigenvalue weighted by Gasteiger charge is 2.26. The molecule has 0 amide bonds. The van der Waals surface area contributed by atoms with Crippen molar-refractivity contribution in [2.24, 2.45) is 0 Å². The van der Waals surface area contributed by atoms with E-state index < -0.39 is 10.0 Å². The summed E-state index contributed by atoms with van der Waals surface area (Å²) in [6.07, 6.45) is 1.66. The molecule has 0 radical (unpaired) electrons. The van der Waals surface area contributed by atoms with Gasteiger partial charge >= 0.3 is 0 Å². The first-order valence-corrected chi connectivity index (χ1v) is 8.80. The van der Waals surface area contributed by atoms with E-state index in [1.54, 1.807) is 17.6 Å². The lowest BCUT2D eigenvalue weighted by Gasteiger charge is -2.19. The van der Waals surface area contributed by atoms with E-state index in [1.807, 2.05) is 25.1 Å². The zero-order valence-electron chi connectivity index (χ0n) is 10.3. The lowest BCUT2D eigenvalue weighted by Crippen LogP contribution is -2.30. The normalized spacial score (nSPS) is 11.9. The van der Waals surface area contributed by atoms with Crippen LogP contribution in [0.15, 0.2) is 44.5 Å². The molecule has 0 unspecified atom stereocenters. The first-order chi connectivity index (χ1) is 9.05. The van der Waals surface area contributed by atoms with Crippen LogP contribution in [0, 0.1) is 0 Å². The van der Waals surface area contributed by atoms with Crippen LogP contribution in [0.3, 0.4) is 0 Å². The Morgan fingerprint density at radius 1 is 1.37 bits per heavy atom. The van der Waals surface area contributed by atoms with Crippen molar-refractivity contribution in [3.63, 3.8) is 0 Å². The molecule has 7 heteroatoms. The molecular formula is C12H13BrN2O2S2. The number of nitrogens with zero attached hydrogens (tertiary/aromatic N) is 2. The van der Waals surface area contributed by atoms with Crippen LogP contribution in [0.25, 0.3) is 0 Å². The van der Waals surface area contributed by atoms with Crippen LogP contribution >= 0.6 is 27.3 Å². The third-order valence-corrected chi connectivity index (χ3v) is 7.14. The maximum absolute atomic E-state index is 12.5. The predicted octanol–water partition coefficient (Wildman–Crippen LogP) is 3.12. The number of hydrogen-bond donors (Lipinski definition) is 0. The van der Waals surface area contributed by atoms with Crippen molar-refractivity contribution >= 4 is 37.3 Å². The van der Waals surface area contributed by atoms with Gasteiger partial charge in [0.1, 0.15) is 4.21 Å². The summed E-state index contributed by atoms with van der Waals surface area (Å²) in [5, 5.41) is 1.76. The molecule has 0 spiro atoms. The van der Waals surface area contributed by atoms with E-state index in [0.717, 1.165) is 5.69 Å². The SMILES string of the molecule is CCN(Cc1ccccn1)S(=O)(=O)c1sccc1Br. The fourth-order valence-electron chi connectivity index (χ4n) is 1.62. The van der Waals surface area contributed by atoms with E-state index in [2.05, 4.69) is 20.9 Å². The molecule has 0 aliphatic carbocycles. The maximum Gasteiger partial charge on any atom is 0.254 e. The third kappa shape index (κ3) is 3.22. The largest absolute Gasteiger partial charge is 0.260 e. The van der Waals surface area contributed by atoms with E-state index in [-0.39, 0.29) is 6.54 Å². The van der Waals surface area contributed by atoms with Gasteiger partial charge in [-0.2, -0.15) is 4.31 Å². The van der Waals surface area contributed by atoms with Gasteiger partial charge in [-0.25, -0.2) is 8.42 Å². The standard InChI is InChI=1S/C12H13BrN2O2S2/c1-2-15(9-10-5-3-4-7-14-10)19(16,17)12-11(13)6-8-18-12/h3-8H,2,9H2,1H3. The van der Waals surface area contributed by atoms with E-state index in [9.17, 15) is 8.42 Å². The zero-order valence-corrected chi connectivity index (χ0v) is 13.5. The Morgan fingerprint density at radius 3 is 2.68 bits per heavy atom. The van der Waals surface area contributed by atoms with Gasteiger partial charge in [0, 0.05) is 17.2 Å². The van der Waals surface area contributed by atoms with Crippen LogP contribution in [-0.4, -0.2) is 24.3 Å². The summed E-state index contributed by atoms with van der Waals surface area (Å²) >= 11 is 4.49. The molecule has 2 aromatic heterocycles. The van der Waals surface area contributed by atoms with Crippen molar-refractivity contribution in [2.75, 3.05) is 6.54 Å². The number of sulfonamides is 1. The van der Waals surface area contributed by atoms with E-state index in [4.69, 9.17) is 0 Å². The molecule has 2 rings (SSSR count). The molecule has 0 aliphatic rings. The van der Waals surface area contributed by atoms with Crippen LogP contribution in [0.2, 0.25) is 0 Å². The highest BCUT2D eigenvalue weighted by molar-refractivity contribution is 9.10. The van der Waals surface area contributed by atoms with Crippen LogP contribution in [-0.2, 0) is 16.6 Å². The third-order valence-electron chi connectivity index (χ3n) is 2.58. The Kier molecular flexibility index (Phi) is 4.72. The molecule has 0 fully saturated rings. The molecule has 0 atom stereocenters. The summed E-state index contributed by atoms with van der Waals surface area (Å²) in [5.74, 6) is 0. The molecule has 0 bridgehead atoms. The summed E-state index contributed by atoms with van der Waals surface area (Å²) in [6.45, 7) is 2.51. The summed E-state index contributed by atoms with van der Waals surface area (Å²) < 4.78 is 27.4. The van der Waals surface area contributed by atoms with Crippen molar-refractivity contribution < 1.29 is 8.42 Å². The van der Waals surface area contributed by atoms with Crippen molar-refractivity contribution in [1.82, 2.24) is 9.29 Å². The zero-order chi connectivity index (χ0) is 13.9. The lowest BCUT2D eigenvalue weighted by atomic mass is 10.3. The Bertz CT molecular complexity index is 641. The van der Waals surface area contributed by atoms with Gasteiger partial charge in [0.05, 0.1) is 12.2 Å². The quantitative estimate of drug-likeness (QED) is 0.822. The Balaban J connectivity index is 2.30. The monoisotopic (exact) mass is 360 g/mol. The molecule has 0 N–H and O–H groups in total. The topological polar surface area (TPSA) is 50.3 Å². The minimum atomic E-state index is -3.47. The smallest absolute Gasteiger partial charge is 0.254 e. The minimum absolute atomic E-state index is 0.282. The van der Waals surface area contributed by atoms with Crippen LogP contribution in [0.4, 0.5) is 0 Å². The van der Waals surface area contributed by atoms with Crippen molar-refractivity contribution in [3.05, 3.63) is 46.0 Å². The van der Waals surface area contributed by atoms with E-state index in [0.29, 0.717) is 15.2 Å². The number of halogens is 1. The summed E-state index contributed by atoms with van der Waals surface area (Å²) in [7, 11) is -3.47. The molecule has 2 aromatic rings. The average Bonchev–Trinajstić information content (AvgIpc) is 2.84. The molecule has 0 saturated carbocycles. The van der Waals surface area contributed by atoms with Gasteiger partial charge in [-0.1, -0.05) is 13.0 Å². The minimum Gasteiger partial charge on any atom is -0.260 e. The first-order valence-electron chi connectivity index (χ1n) is 5.68. The van der Waals surface area contributed by atoms with E-state index >= 15 is 0 Å². The average molecular weight is 361 g/mol. The van der Waals surface area contributed by atoms with Gasteiger partial charge in [0.2, 0.25) is 0 Å². The predicted molar refractivity (Wildman–Crippen MR) is 79.5 cm³/mol. The second-order valence-electron chi connectivity index (χ2n) is 3.81. The van der Waals surface area contributed by atoms with E-state index in [1.165, 1.54) is 15.6 Å². The first kappa shape index (κ1) is 14.6. The molecule has 19 heavy (non-hydrogen) atoms. The Labute approximate surface area is 125 Å². The van der Waals surface area contributed by atoms with Crippen molar-refractivity contribution in [3.8, 4) is 0 Å². The van der Waals surface area contributed by atoms with Gasteiger partial charge in [0.25, 0.3) is 10.0 Å². The number of thiophene rings is 1. The summed E-state index contributed by atoms with van der Waals surface area (Å²) in [4.78, 5) is 4.17. The molecule has 4 nitrogen and oxygen atoms in total. The molecular weight excluding hydrogens is 348 g/mol. The second-order valence-corrected chi connectivity index (χ2v) is 7.71. The molecule has 0 aliphatic heterocycles. The van der Waals surface area contributed by atoms with Gasteiger partial charge in [-0.15, -0.1) is 11.3 Å². The van der Waals surface area contributed by atoms with Crippen LogP contribution in [0.1, 0.15) is 12.6 Å². The maximum atomic E-state index is 12.5. The Hall–Kier alpha value is -0.760. The highest BCUT2D eigenvalue weighted by Crippen LogP contribution is 2.30.